The first-order valence-electron chi connectivity index (χ1n) is 10.3. The summed E-state index contributed by atoms with van der Waals surface area (Å²) in [5.41, 5.74) is 3.85. The fraction of sp³-hybridized carbons (Fsp3) is 0.304. The van der Waals surface area contributed by atoms with Crippen LogP contribution in [0.15, 0.2) is 35.6 Å². The van der Waals surface area contributed by atoms with Gasteiger partial charge in [0.1, 0.15) is 5.00 Å². The number of esters is 1. The van der Waals surface area contributed by atoms with Crippen LogP contribution in [-0.2, 0) is 23.3 Å². The number of carbonyl (C=O) groups excluding carboxylic acids is 2. The number of aryl methyl sites for hydroxylation is 2. The van der Waals surface area contributed by atoms with Crippen molar-refractivity contribution in [2.24, 2.45) is 0 Å². The smallest absolute Gasteiger partial charge is 0.341 e. The Bertz CT molecular complexity index is 1160. The monoisotopic (exact) mass is 487 g/mol. The Kier molecular flexibility index (Phi) is 7.13. The maximum Gasteiger partial charge on any atom is 0.341 e. The van der Waals surface area contributed by atoms with Gasteiger partial charge in [0.05, 0.1) is 23.4 Å². The van der Waals surface area contributed by atoms with E-state index in [4.69, 9.17) is 16.3 Å². The van der Waals surface area contributed by atoms with Crippen LogP contribution in [0.25, 0.3) is 0 Å². The summed E-state index contributed by atoms with van der Waals surface area (Å²) >= 11 is 9.08. The Balaban J connectivity index is 1.53. The zero-order valence-electron chi connectivity index (χ0n) is 17.7. The molecule has 2 heterocycles. The molecule has 4 rings (SSSR count). The summed E-state index contributed by atoms with van der Waals surface area (Å²) in [6.07, 6.45) is 4.14. The number of nitrogens with one attached hydrogen (secondary N) is 1. The van der Waals surface area contributed by atoms with Crippen molar-refractivity contribution in [2.45, 2.75) is 44.0 Å². The van der Waals surface area contributed by atoms with Crippen molar-refractivity contribution in [3.8, 4) is 0 Å². The van der Waals surface area contributed by atoms with Crippen LogP contribution in [-0.4, -0.2) is 28.5 Å². The van der Waals surface area contributed by atoms with Gasteiger partial charge >= 0.3 is 5.97 Å². The number of thioether (sulfide) groups is 1. The number of halogens is 1. The maximum atomic E-state index is 13.0. The normalized spacial score (nSPS) is 12.5. The van der Waals surface area contributed by atoms with Gasteiger partial charge in [-0.3, -0.25) is 4.79 Å². The molecule has 1 aromatic carbocycles. The number of aromatic nitrogens is 2. The summed E-state index contributed by atoms with van der Waals surface area (Å²) in [5, 5.41) is 3.94. The molecule has 0 saturated heterocycles. The molecule has 3 aromatic rings. The van der Waals surface area contributed by atoms with Crippen LogP contribution in [0.3, 0.4) is 0 Å². The third kappa shape index (κ3) is 4.98. The first kappa shape index (κ1) is 22.8. The van der Waals surface area contributed by atoms with E-state index >= 15 is 0 Å². The van der Waals surface area contributed by atoms with Crippen molar-refractivity contribution in [2.75, 3.05) is 11.9 Å². The molecule has 0 unspecified atom stereocenters. The number of nitrogens with zero attached hydrogens (tertiary/aromatic N) is 2. The minimum atomic E-state index is -0.472. The highest BCUT2D eigenvalue weighted by atomic mass is 35.5. The van der Waals surface area contributed by atoms with E-state index in [9.17, 15) is 9.59 Å². The summed E-state index contributed by atoms with van der Waals surface area (Å²) in [5.74, 6) is -0.210. The Morgan fingerprint density at radius 3 is 2.78 bits per heavy atom. The van der Waals surface area contributed by atoms with Crippen molar-refractivity contribution in [1.82, 2.24) is 9.97 Å². The van der Waals surface area contributed by atoms with Crippen molar-refractivity contribution in [1.29, 1.82) is 0 Å². The average Bonchev–Trinajstić information content (AvgIpc) is 3.35. The SMILES string of the molecule is CCOC(=O)c1c(NC(=O)c2nc(SCc3ccc(C)cc3)ncc2Cl)sc2c1CCC2. The van der Waals surface area contributed by atoms with E-state index in [0.717, 1.165) is 35.3 Å². The van der Waals surface area contributed by atoms with Gasteiger partial charge in [0.2, 0.25) is 0 Å². The molecule has 0 radical (unpaired) electrons. The minimum Gasteiger partial charge on any atom is -0.462 e. The second-order valence-corrected chi connectivity index (χ2v) is 9.81. The van der Waals surface area contributed by atoms with Crippen LogP contribution in [0.1, 0.15) is 55.8 Å². The molecule has 1 aliphatic rings. The molecule has 1 amide bonds. The molecular formula is C23H22ClN3O3S2. The van der Waals surface area contributed by atoms with E-state index in [1.807, 2.05) is 6.92 Å². The van der Waals surface area contributed by atoms with Crippen molar-refractivity contribution >= 4 is 51.6 Å². The molecule has 0 spiro atoms. The van der Waals surface area contributed by atoms with Gasteiger partial charge in [0.25, 0.3) is 5.91 Å². The van der Waals surface area contributed by atoms with E-state index in [1.54, 1.807) is 6.92 Å². The van der Waals surface area contributed by atoms with E-state index in [1.165, 1.54) is 34.9 Å². The lowest BCUT2D eigenvalue weighted by atomic mass is 10.1. The molecule has 0 atom stereocenters. The number of anilines is 1. The van der Waals surface area contributed by atoms with Crippen LogP contribution < -0.4 is 5.32 Å². The van der Waals surface area contributed by atoms with Crippen molar-refractivity contribution < 1.29 is 14.3 Å². The summed E-state index contributed by atoms with van der Waals surface area (Å²) in [7, 11) is 0. The Labute approximate surface area is 199 Å². The summed E-state index contributed by atoms with van der Waals surface area (Å²) < 4.78 is 5.23. The molecule has 0 saturated carbocycles. The lowest BCUT2D eigenvalue weighted by molar-refractivity contribution is 0.0527. The van der Waals surface area contributed by atoms with Gasteiger partial charge in [-0.05, 0) is 44.2 Å². The highest BCUT2D eigenvalue weighted by Gasteiger charge is 2.29. The van der Waals surface area contributed by atoms with E-state index in [0.29, 0.717) is 21.5 Å². The number of rotatable bonds is 7. The zero-order valence-corrected chi connectivity index (χ0v) is 20.1. The molecular weight excluding hydrogens is 466 g/mol. The quantitative estimate of drug-likeness (QED) is 0.261. The number of hydrogen-bond donors (Lipinski definition) is 1. The predicted molar refractivity (Wildman–Crippen MR) is 128 cm³/mol. The number of amides is 1. The van der Waals surface area contributed by atoms with Crippen LogP contribution in [0.4, 0.5) is 5.00 Å². The molecule has 6 nitrogen and oxygen atoms in total. The van der Waals surface area contributed by atoms with Crippen molar-refractivity contribution in [3.05, 3.63) is 68.3 Å². The predicted octanol–water partition coefficient (Wildman–Crippen LogP) is 5.71. The van der Waals surface area contributed by atoms with Gasteiger partial charge < -0.3 is 10.1 Å². The fourth-order valence-corrected chi connectivity index (χ4v) is 5.71. The van der Waals surface area contributed by atoms with E-state index in [-0.39, 0.29) is 17.3 Å². The molecule has 0 fully saturated rings. The third-order valence-electron chi connectivity index (χ3n) is 5.05. The zero-order chi connectivity index (χ0) is 22.7. The average molecular weight is 488 g/mol. The van der Waals surface area contributed by atoms with Crippen molar-refractivity contribution in [3.63, 3.8) is 0 Å². The lowest BCUT2D eigenvalue weighted by Gasteiger charge is -2.09. The first-order valence-corrected chi connectivity index (χ1v) is 12.5. The molecule has 1 N–H and O–H groups in total. The minimum absolute atomic E-state index is 0.0800. The van der Waals surface area contributed by atoms with Gasteiger partial charge in [0.15, 0.2) is 10.9 Å². The Morgan fingerprint density at radius 1 is 1.25 bits per heavy atom. The van der Waals surface area contributed by atoms with Crippen LogP contribution in [0, 0.1) is 6.92 Å². The third-order valence-corrected chi connectivity index (χ3v) is 7.47. The number of ether oxygens (including phenoxy) is 1. The Hall–Kier alpha value is -2.42. The van der Waals surface area contributed by atoms with Crippen LogP contribution >= 0.6 is 34.7 Å². The fourth-order valence-electron chi connectivity index (χ4n) is 3.49. The number of carbonyl (C=O) groups is 2. The molecule has 2 aromatic heterocycles. The highest BCUT2D eigenvalue weighted by Crippen LogP contribution is 2.40. The van der Waals surface area contributed by atoms with Gasteiger partial charge in [0, 0.05) is 10.6 Å². The first-order chi connectivity index (χ1) is 15.5. The standard InChI is InChI=1S/C23H22ClN3O3S2/c1-3-30-22(29)18-15-5-4-6-17(15)32-21(18)27-20(28)19-16(24)11-25-23(26-19)31-12-14-9-7-13(2)8-10-14/h7-11H,3-6,12H2,1-2H3,(H,27,28). The van der Waals surface area contributed by atoms with Gasteiger partial charge in [-0.15, -0.1) is 11.3 Å². The lowest BCUT2D eigenvalue weighted by Crippen LogP contribution is -2.17. The summed E-state index contributed by atoms with van der Waals surface area (Å²) in [6.45, 7) is 4.08. The molecule has 166 valence electrons. The van der Waals surface area contributed by atoms with Gasteiger partial charge in [-0.25, -0.2) is 14.8 Å². The van der Waals surface area contributed by atoms with Crippen LogP contribution in [0.2, 0.25) is 5.02 Å². The highest BCUT2D eigenvalue weighted by molar-refractivity contribution is 7.98. The molecule has 32 heavy (non-hydrogen) atoms. The molecule has 9 heteroatoms. The number of thiophene rings is 1. The number of hydrogen-bond acceptors (Lipinski definition) is 7. The summed E-state index contributed by atoms with van der Waals surface area (Å²) in [4.78, 5) is 35.3. The van der Waals surface area contributed by atoms with Gasteiger partial charge in [-0.1, -0.05) is 53.2 Å². The van der Waals surface area contributed by atoms with Gasteiger partial charge in [-0.2, -0.15) is 0 Å². The largest absolute Gasteiger partial charge is 0.462 e. The second-order valence-electron chi connectivity index (χ2n) is 7.36. The van der Waals surface area contributed by atoms with Crippen LogP contribution in [0.5, 0.6) is 0 Å². The second kappa shape index (κ2) is 10.0. The Morgan fingerprint density at radius 2 is 2.03 bits per heavy atom. The van der Waals surface area contributed by atoms with E-state index in [2.05, 4.69) is 39.6 Å². The van der Waals surface area contributed by atoms with E-state index < -0.39 is 11.9 Å². The summed E-state index contributed by atoms with van der Waals surface area (Å²) in [6, 6.07) is 8.21. The maximum absolute atomic E-state index is 13.0. The topological polar surface area (TPSA) is 81.2 Å². The number of fused-ring (bicyclic) bond motifs is 1. The molecule has 0 bridgehead atoms. The number of benzene rings is 1. The molecule has 0 aliphatic heterocycles. The molecule has 1 aliphatic carbocycles.